The quantitative estimate of drug-likeness (QED) is 0.597. The predicted octanol–water partition coefficient (Wildman–Crippen LogP) is 1.27. The smallest absolute Gasteiger partial charge is 0.269 e. The minimum atomic E-state index is -0.416. The molecule has 6 nitrogen and oxygen atoms in total. The average Bonchev–Trinajstić information content (AvgIpc) is 2.71. The van der Waals surface area contributed by atoms with Crippen LogP contribution < -0.4 is 5.43 Å². The van der Waals surface area contributed by atoms with E-state index in [0.717, 1.165) is 18.8 Å². The van der Waals surface area contributed by atoms with Gasteiger partial charge in [0.05, 0.1) is 23.7 Å². The lowest BCUT2D eigenvalue weighted by Gasteiger charge is -2.16. The van der Waals surface area contributed by atoms with E-state index in [4.69, 9.17) is 0 Å². The van der Waals surface area contributed by atoms with Gasteiger partial charge in [0.25, 0.3) is 5.69 Å². The van der Waals surface area contributed by atoms with Crippen molar-refractivity contribution in [2.45, 2.75) is 0 Å². The van der Waals surface area contributed by atoms with Crippen LogP contribution >= 0.6 is 0 Å². The van der Waals surface area contributed by atoms with Crippen LogP contribution in [0.4, 0.5) is 11.4 Å². The first kappa shape index (κ1) is 9.45. The number of non-ortho nitro benzene ring substituents is 1. The summed E-state index contributed by atoms with van der Waals surface area (Å²) in [5, 5.41) is 12.2. The van der Waals surface area contributed by atoms with E-state index in [0.29, 0.717) is 0 Å². The number of aliphatic imine (C=N–C) groups is 1. The second-order valence-corrected chi connectivity index (χ2v) is 3.13. The van der Waals surface area contributed by atoms with Gasteiger partial charge < -0.3 is 0 Å². The second-order valence-electron chi connectivity index (χ2n) is 3.13. The molecule has 1 aliphatic heterocycles. The Labute approximate surface area is 86.3 Å². The summed E-state index contributed by atoms with van der Waals surface area (Å²) in [4.78, 5) is 14.0. The number of nitrogens with zero attached hydrogens (tertiary/aromatic N) is 3. The average molecular weight is 206 g/mol. The van der Waals surface area contributed by atoms with Crippen LogP contribution in [-0.2, 0) is 0 Å². The number of hydrogen-bond donors (Lipinski definition) is 1. The molecule has 15 heavy (non-hydrogen) atoms. The summed E-state index contributed by atoms with van der Waals surface area (Å²) in [6, 6.07) is 6.28. The number of hydrazine groups is 1. The second kappa shape index (κ2) is 3.95. The van der Waals surface area contributed by atoms with E-state index < -0.39 is 4.92 Å². The van der Waals surface area contributed by atoms with Crippen LogP contribution in [0.2, 0.25) is 0 Å². The van der Waals surface area contributed by atoms with Crippen LogP contribution in [0.1, 0.15) is 0 Å². The fourth-order valence-electron chi connectivity index (χ4n) is 1.29. The maximum absolute atomic E-state index is 10.4. The van der Waals surface area contributed by atoms with Crippen molar-refractivity contribution in [2.75, 3.05) is 18.5 Å². The van der Waals surface area contributed by atoms with E-state index in [1.807, 2.05) is 5.01 Å². The summed E-state index contributed by atoms with van der Waals surface area (Å²) in [6.45, 7) is 1.59. The van der Waals surface area contributed by atoms with Gasteiger partial charge in [0, 0.05) is 12.1 Å². The van der Waals surface area contributed by atoms with Gasteiger partial charge in [0.1, 0.15) is 6.34 Å². The summed E-state index contributed by atoms with van der Waals surface area (Å²) in [7, 11) is 0. The number of nitro benzene ring substituents is 1. The van der Waals surface area contributed by atoms with Gasteiger partial charge in [-0.25, -0.2) is 0 Å². The number of nitrogens with one attached hydrogen (secondary N) is 1. The normalized spacial score (nSPS) is 14.3. The molecule has 0 amide bonds. The summed E-state index contributed by atoms with van der Waals surface area (Å²) in [5.41, 5.74) is 3.98. The zero-order valence-corrected chi connectivity index (χ0v) is 7.96. The fraction of sp³-hybridized carbons (Fsp3) is 0.222. The SMILES string of the molecule is O=[N+]([O-])c1ccc(NN2C=NCC2)cc1. The molecule has 0 saturated heterocycles. The highest BCUT2D eigenvalue weighted by atomic mass is 16.6. The van der Waals surface area contributed by atoms with Crippen molar-refractivity contribution in [3.8, 4) is 0 Å². The molecule has 1 aliphatic rings. The predicted molar refractivity (Wildman–Crippen MR) is 56.8 cm³/mol. The first-order valence-corrected chi connectivity index (χ1v) is 4.53. The molecule has 0 aliphatic carbocycles. The molecule has 0 bridgehead atoms. The first-order chi connectivity index (χ1) is 7.25. The van der Waals surface area contributed by atoms with Gasteiger partial charge in [-0.05, 0) is 12.1 Å². The highest BCUT2D eigenvalue weighted by molar-refractivity contribution is 5.61. The molecule has 0 saturated carbocycles. The van der Waals surface area contributed by atoms with E-state index in [-0.39, 0.29) is 5.69 Å². The molecule has 0 spiro atoms. The highest BCUT2D eigenvalue weighted by Gasteiger charge is 2.07. The molecule has 78 valence electrons. The van der Waals surface area contributed by atoms with Gasteiger partial charge >= 0.3 is 0 Å². The van der Waals surface area contributed by atoms with E-state index in [2.05, 4.69) is 10.4 Å². The minimum absolute atomic E-state index is 0.0932. The molecule has 1 aromatic rings. The van der Waals surface area contributed by atoms with E-state index in [9.17, 15) is 10.1 Å². The Balaban J connectivity index is 2.03. The molecule has 0 atom stereocenters. The van der Waals surface area contributed by atoms with Gasteiger partial charge in [-0.3, -0.25) is 25.5 Å². The molecule has 0 radical (unpaired) electrons. The Morgan fingerprint density at radius 2 is 2.13 bits per heavy atom. The largest absolute Gasteiger partial charge is 0.297 e. The standard InChI is InChI=1S/C9H10N4O2/c14-13(15)9-3-1-8(2-4-9)11-12-6-5-10-7-12/h1-4,7,11H,5-6H2. The lowest BCUT2D eigenvalue weighted by Crippen LogP contribution is -2.26. The molecular formula is C9H10N4O2. The number of anilines is 1. The zero-order valence-electron chi connectivity index (χ0n) is 7.96. The maximum Gasteiger partial charge on any atom is 0.269 e. The van der Waals surface area contributed by atoms with E-state index in [1.165, 1.54) is 12.1 Å². The number of hydrogen-bond acceptors (Lipinski definition) is 5. The zero-order chi connectivity index (χ0) is 10.7. The Morgan fingerprint density at radius 1 is 1.40 bits per heavy atom. The Hall–Kier alpha value is -2.11. The summed E-state index contributed by atoms with van der Waals surface area (Å²) >= 11 is 0. The molecule has 1 N–H and O–H groups in total. The van der Waals surface area contributed by atoms with Crippen LogP contribution in [-0.4, -0.2) is 29.4 Å². The van der Waals surface area contributed by atoms with Crippen LogP contribution in [0, 0.1) is 10.1 Å². The Morgan fingerprint density at radius 3 is 2.67 bits per heavy atom. The topological polar surface area (TPSA) is 70.8 Å². The van der Waals surface area contributed by atoms with Crippen molar-refractivity contribution in [3.05, 3.63) is 34.4 Å². The Kier molecular flexibility index (Phi) is 2.49. The van der Waals surface area contributed by atoms with Gasteiger partial charge in [-0.1, -0.05) is 0 Å². The van der Waals surface area contributed by atoms with Crippen LogP contribution in [0.5, 0.6) is 0 Å². The summed E-state index contributed by atoms with van der Waals surface area (Å²) < 4.78 is 0. The third-order valence-corrected chi connectivity index (χ3v) is 2.04. The summed E-state index contributed by atoms with van der Waals surface area (Å²) in [5.74, 6) is 0. The maximum atomic E-state index is 10.4. The molecular weight excluding hydrogens is 196 g/mol. The third kappa shape index (κ3) is 2.22. The number of rotatable bonds is 3. The van der Waals surface area contributed by atoms with Crippen molar-refractivity contribution >= 4 is 17.7 Å². The molecule has 0 fully saturated rings. The Bertz CT molecular complexity index is 388. The van der Waals surface area contributed by atoms with Crippen molar-refractivity contribution in [1.29, 1.82) is 0 Å². The third-order valence-electron chi connectivity index (χ3n) is 2.04. The van der Waals surface area contributed by atoms with Crippen LogP contribution in [0.25, 0.3) is 0 Å². The number of nitro groups is 1. The summed E-state index contributed by atoms with van der Waals surface area (Å²) in [6.07, 6.45) is 1.71. The van der Waals surface area contributed by atoms with Crippen LogP contribution in [0.3, 0.4) is 0 Å². The molecule has 6 heteroatoms. The molecule has 1 aromatic carbocycles. The van der Waals surface area contributed by atoms with Crippen molar-refractivity contribution in [1.82, 2.24) is 5.01 Å². The van der Waals surface area contributed by atoms with Gasteiger partial charge in [-0.2, -0.15) is 0 Å². The van der Waals surface area contributed by atoms with E-state index >= 15 is 0 Å². The highest BCUT2D eigenvalue weighted by Crippen LogP contribution is 2.15. The molecule has 2 rings (SSSR count). The first-order valence-electron chi connectivity index (χ1n) is 4.53. The van der Waals surface area contributed by atoms with Crippen molar-refractivity contribution in [2.24, 2.45) is 4.99 Å². The van der Waals surface area contributed by atoms with Gasteiger partial charge in [0.15, 0.2) is 0 Å². The van der Waals surface area contributed by atoms with Crippen molar-refractivity contribution in [3.63, 3.8) is 0 Å². The fourth-order valence-corrected chi connectivity index (χ4v) is 1.29. The minimum Gasteiger partial charge on any atom is -0.297 e. The lowest BCUT2D eigenvalue weighted by molar-refractivity contribution is -0.384. The number of benzene rings is 1. The van der Waals surface area contributed by atoms with E-state index in [1.54, 1.807) is 18.5 Å². The lowest BCUT2D eigenvalue weighted by atomic mass is 10.3. The monoisotopic (exact) mass is 206 g/mol. The van der Waals surface area contributed by atoms with Gasteiger partial charge in [-0.15, -0.1) is 0 Å². The van der Waals surface area contributed by atoms with Crippen molar-refractivity contribution < 1.29 is 4.92 Å². The van der Waals surface area contributed by atoms with Crippen LogP contribution in [0.15, 0.2) is 29.3 Å². The molecule has 1 heterocycles. The van der Waals surface area contributed by atoms with Gasteiger partial charge in [0.2, 0.25) is 0 Å². The molecule has 0 unspecified atom stereocenters. The molecule has 0 aromatic heterocycles.